The Labute approximate surface area is 128 Å². The predicted molar refractivity (Wildman–Crippen MR) is 85.4 cm³/mol. The van der Waals surface area contributed by atoms with E-state index in [9.17, 15) is 8.42 Å². The van der Waals surface area contributed by atoms with Crippen LogP contribution in [0.3, 0.4) is 0 Å². The summed E-state index contributed by atoms with van der Waals surface area (Å²) in [5.74, 6) is 0.419. The van der Waals surface area contributed by atoms with Gasteiger partial charge in [-0.25, -0.2) is 8.42 Å². The van der Waals surface area contributed by atoms with Crippen molar-refractivity contribution >= 4 is 10.0 Å². The molecule has 0 heterocycles. The highest BCUT2D eigenvalue weighted by atomic mass is 32.2. The molecule has 1 saturated carbocycles. The molecule has 1 fully saturated rings. The maximum absolute atomic E-state index is 12.8. The summed E-state index contributed by atoms with van der Waals surface area (Å²) < 4.78 is 27.2. The quantitative estimate of drug-likeness (QED) is 0.930. The molecule has 0 saturated heterocycles. The molecule has 1 aromatic carbocycles. The molecule has 0 spiro atoms. The van der Waals surface area contributed by atoms with Crippen molar-refractivity contribution in [3.05, 3.63) is 29.3 Å². The molecule has 4 nitrogen and oxygen atoms in total. The van der Waals surface area contributed by atoms with Gasteiger partial charge in [0.25, 0.3) is 0 Å². The number of benzene rings is 1. The molecule has 21 heavy (non-hydrogen) atoms. The lowest BCUT2D eigenvalue weighted by Crippen LogP contribution is -2.42. The largest absolute Gasteiger partial charge is 0.326 e. The van der Waals surface area contributed by atoms with Crippen LogP contribution < -0.4 is 5.73 Å². The molecule has 1 aliphatic rings. The third-order valence-corrected chi connectivity index (χ3v) is 6.62. The van der Waals surface area contributed by atoms with Crippen molar-refractivity contribution in [2.24, 2.45) is 11.7 Å². The van der Waals surface area contributed by atoms with Gasteiger partial charge < -0.3 is 5.73 Å². The van der Waals surface area contributed by atoms with Gasteiger partial charge in [-0.15, -0.1) is 0 Å². The number of hydrogen-bond donors (Lipinski definition) is 1. The summed E-state index contributed by atoms with van der Waals surface area (Å²) >= 11 is 0. The Kier molecular flexibility index (Phi) is 5.07. The summed E-state index contributed by atoms with van der Waals surface area (Å²) in [6, 6.07) is 5.34. The molecule has 1 aromatic rings. The second kappa shape index (κ2) is 6.46. The predicted octanol–water partition coefficient (Wildman–Crippen LogP) is 2.65. The van der Waals surface area contributed by atoms with Crippen molar-refractivity contribution in [2.75, 3.05) is 7.05 Å². The monoisotopic (exact) mass is 310 g/mol. The summed E-state index contributed by atoms with van der Waals surface area (Å²) in [5.41, 5.74) is 7.57. The Hall–Kier alpha value is -0.910. The van der Waals surface area contributed by atoms with Gasteiger partial charge in [-0.1, -0.05) is 25.8 Å². The first-order chi connectivity index (χ1) is 9.87. The molecule has 118 valence electrons. The van der Waals surface area contributed by atoms with E-state index in [0.717, 1.165) is 30.4 Å². The van der Waals surface area contributed by atoms with Crippen molar-refractivity contribution in [1.29, 1.82) is 0 Å². The van der Waals surface area contributed by atoms with Crippen LogP contribution in [-0.2, 0) is 16.6 Å². The van der Waals surface area contributed by atoms with Crippen LogP contribution in [0.4, 0.5) is 0 Å². The zero-order chi connectivity index (χ0) is 15.6. The van der Waals surface area contributed by atoms with Crippen LogP contribution >= 0.6 is 0 Å². The molecule has 0 aliphatic heterocycles. The topological polar surface area (TPSA) is 63.4 Å². The standard InChI is InChI=1S/C16H26N2O2S/c1-12-6-4-5-7-16(12)18(3)21(19,20)15-9-8-14(11-17)13(2)10-15/h8-10,12,16H,4-7,11,17H2,1-3H3. The average Bonchev–Trinajstić information content (AvgIpc) is 2.47. The van der Waals surface area contributed by atoms with Gasteiger partial charge in [-0.2, -0.15) is 4.31 Å². The molecule has 5 heteroatoms. The molecule has 2 unspecified atom stereocenters. The van der Waals surface area contributed by atoms with Crippen LogP contribution in [0, 0.1) is 12.8 Å². The first-order valence-electron chi connectivity index (χ1n) is 7.65. The van der Waals surface area contributed by atoms with Gasteiger partial charge in [0.2, 0.25) is 10.0 Å². The smallest absolute Gasteiger partial charge is 0.243 e. The van der Waals surface area contributed by atoms with Crippen LogP contribution in [0.15, 0.2) is 23.1 Å². The summed E-state index contributed by atoms with van der Waals surface area (Å²) in [7, 11) is -1.71. The molecule has 2 rings (SSSR count). The van der Waals surface area contributed by atoms with Crippen LogP contribution in [-0.4, -0.2) is 25.8 Å². The average molecular weight is 310 g/mol. The Balaban J connectivity index is 2.30. The number of sulfonamides is 1. The third kappa shape index (κ3) is 3.30. The number of hydrogen-bond acceptors (Lipinski definition) is 3. The lowest BCUT2D eigenvalue weighted by atomic mass is 9.86. The van der Waals surface area contributed by atoms with Gasteiger partial charge in [-0.3, -0.25) is 0 Å². The van der Waals surface area contributed by atoms with Crippen molar-refractivity contribution in [2.45, 2.75) is 57.0 Å². The van der Waals surface area contributed by atoms with Gasteiger partial charge in [0.15, 0.2) is 0 Å². The Morgan fingerprint density at radius 3 is 2.52 bits per heavy atom. The van der Waals surface area contributed by atoms with Crippen LogP contribution in [0.5, 0.6) is 0 Å². The van der Waals surface area contributed by atoms with Gasteiger partial charge in [0.1, 0.15) is 0 Å². The van der Waals surface area contributed by atoms with Crippen molar-refractivity contribution < 1.29 is 8.42 Å². The molecular formula is C16H26N2O2S. The first kappa shape index (κ1) is 16.5. The normalized spacial score (nSPS) is 23.5. The minimum Gasteiger partial charge on any atom is -0.326 e. The number of aryl methyl sites for hydroxylation is 1. The van der Waals surface area contributed by atoms with E-state index in [0.29, 0.717) is 17.4 Å². The van der Waals surface area contributed by atoms with Gasteiger partial charge in [-0.05, 0) is 48.9 Å². The van der Waals surface area contributed by atoms with Crippen molar-refractivity contribution in [1.82, 2.24) is 4.31 Å². The van der Waals surface area contributed by atoms with Crippen molar-refractivity contribution in [3.8, 4) is 0 Å². The molecule has 2 N–H and O–H groups in total. The Bertz CT molecular complexity index is 598. The van der Waals surface area contributed by atoms with Gasteiger partial charge in [0.05, 0.1) is 4.90 Å². The highest BCUT2D eigenvalue weighted by molar-refractivity contribution is 7.89. The first-order valence-corrected chi connectivity index (χ1v) is 9.09. The van der Waals surface area contributed by atoms with Gasteiger partial charge in [0, 0.05) is 19.6 Å². The van der Waals surface area contributed by atoms with E-state index < -0.39 is 10.0 Å². The summed E-state index contributed by atoms with van der Waals surface area (Å²) in [6.07, 6.45) is 4.38. The van der Waals surface area contributed by atoms with E-state index in [1.54, 1.807) is 23.5 Å². The minimum atomic E-state index is -3.43. The zero-order valence-corrected chi connectivity index (χ0v) is 14.0. The fraction of sp³-hybridized carbons (Fsp3) is 0.625. The van der Waals surface area contributed by atoms with E-state index >= 15 is 0 Å². The van der Waals surface area contributed by atoms with E-state index in [1.807, 2.05) is 13.0 Å². The number of nitrogens with two attached hydrogens (primary N) is 1. The molecule has 0 radical (unpaired) electrons. The van der Waals surface area contributed by atoms with Crippen LogP contribution in [0.2, 0.25) is 0 Å². The van der Waals surface area contributed by atoms with E-state index in [-0.39, 0.29) is 6.04 Å². The highest BCUT2D eigenvalue weighted by Crippen LogP contribution is 2.31. The summed E-state index contributed by atoms with van der Waals surface area (Å²) in [4.78, 5) is 0.373. The fourth-order valence-electron chi connectivity index (χ4n) is 3.24. The minimum absolute atomic E-state index is 0.109. The molecule has 0 amide bonds. The maximum atomic E-state index is 12.8. The van der Waals surface area contributed by atoms with E-state index in [2.05, 4.69) is 6.92 Å². The zero-order valence-electron chi connectivity index (χ0n) is 13.2. The summed E-state index contributed by atoms with van der Waals surface area (Å²) in [6.45, 7) is 4.49. The molecule has 0 bridgehead atoms. The summed E-state index contributed by atoms with van der Waals surface area (Å²) in [5, 5.41) is 0. The second-order valence-electron chi connectivity index (χ2n) is 6.14. The Morgan fingerprint density at radius 1 is 1.29 bits per heavy atom. The van der Waals surface area contributed by atoms with E-state index in [1.165, 1.54) is 6.42 Å². The third-order valence-electron chi connectivity index (χ3n) is 4.74. The molecule has 2 atom stereocenters. The van der Waals surface area contributed by atoms with Gasteiger partial charge >= 0.3 is 0 Å². The van der Waals surface area contributed by atoms with Crippen molar-refractivity contribution in [3.63, 3.8) is 0 Å². The fourth-order valence-corrected chi connectivity index (χ4v) is 4.81. The second-order valence-corrected chi connectivity index (χ2v) is 8.14. The SMILES string of the molecule is Cc1cc(S(=O)(=O)N(C)C2CCCCC2C)ccc1CN. The van der Waals surface area contributed by atoms with Crippen LogP contribution in [0.25, 0.3) is 0 Å². The number of rotatable bonds is 4. The molecule has 0 aromatic heterocycles. The maximum Gasteiger partial charge on any atom is 0.243 e. The van der Waals surface area contributed by atoms with Crippen LogP contribution in [0.1, 0.15) is 43.7 Å². The Morgan fingerprint density at radius 2 is 1.95 bits per heavy atom. The molecular weight excluding hydrogens is 284 g/mol. The highest BCUT2D eigenvalue weighted by Gasteiger charge is 2.33. The van der Waals surface area contributed by atoms with E-state index in [4.69, 9.17) is 5.73 Å². The number of nitrogens with zero attached hydrogens (tertiary/aromatic N) is 1. The molecule has 1 aliphatic carbocycles. The lowest BCUT2D eigenvalue weighted by Gasteiger charge is -2.35. The lowest BCUT2D eigenvalue weighted by molar-refractivity contribution is 0.213.